The number of esters is 1. The standard InChI is InChI=1S/C16H14N2O3/c1-20-14-7-4-11(5-8-14)15-17-9-13-6-3-12(10-18(13)15)16(19)21-2/h3-10H,1-2H3. The van der Waals surface area contributed by atoms with Gasteiger partial charge in [0.05, 0.1) is 31.5 Å². The molecule has 0 radical (unpaired) electrons. The van der Waals surface area contributed by atoms with Gasteiger partial charge in [0.15, 0.2) is 0 Å². The maximum Gasteiger partial charge on any atom is 0.339 e. The van der Waals surface area contributed by atoms with E-state index < -0.39 is 0 Å². The lowest BCUT2D eigenvalue weighted by Gasteiger charge is -2.05. The molecule has 2 aromatic heterocycles. The molecule has 0 aliphatic carbocycles. The number of carbonyl (C=O) groups excluding carboxylic acids is 1. The van der Waals surface area contributed by atoms with E-state index in [1.807, 2.05) is 34.7 Å². The average molecular weight is 282 g/mol. The maximum atomic E-state index is 11.6. The molecule has 0 aliphatic heterocycles. The van der Waals surface area contributed by atoms with Crippen LogP contribution in [0.5, 0.6) is 5.75 Å². The van der Waals surface area contributed by atoms with Gasteiger partial charge in [0.25, 0.3) is 0 Å². The maximum absolute atomic E-state index is 11.6. The SMILES string of the molecule is COC(=O)c1ccc2cnc(-c3ccc(OC)cc3)n2c1. The summed E-state index contributed by atoms with van der Waals surface area (Å²) < 4.78 is 11.8. The summed E-state index contributed by atoms with van der Waals surface area (Å²) >= 11 is 0. The van der Waals surface area contributed by atoms with E-state index in [9.17, 15) is 4.79 Å². The Labute approximate surface area is 121 Å². The minimum atomic E-state index is -0.369. The van der Waals surface area contributed by atoms with Crippen LogP contribution in [0.15, 0.2) is 48.8 Å². The second-order valence-corrected chi connectivity index (χ2v) is 4.51. The zero-order valence-corrected chi connectivity index (χ0v) is 11.7. The number of methoxy groups -OCH3 is 2. The van der Waals surface area contributed by atoms with Gasteiger partial charge in [-0.05, 0) is 36.4 Å². The third kappa shape index (κ3) is 2.33. The van der Waals surface area contributed by atoms with Crippen LogP contribution in [0.1, 0.15) is 10.4 Å². The highest BCUT2D eigenvalue weighted by molar-refractivity contribution is 5.89. The fraction of sp³-hybridized carbons (Fsp3) is 0.125. The zero-order chi connectivity index (χ0) is 14.8. The lowest BCUT2D eigenvalue weighted by Crippen LogP contribution is -2.03. The molecular formula is C16H14N2O3. The van der Waals surface area contributed by atoms with E-state index in [-0.39, 0.29) is 5.97 Å². The molecular weight excluding hydrogens is 268 g/mol. The molecule has 5 heteroatoms. The van der Waals surface area contributed by atoms with Gasteiger partial charge in [0.2, 0.25) is 0 Å². The van der Waals surface area contributed by atoms with Gasteiger partial charge >= 0.3 is 5.97 Å². The first-order chi connectivity index (χ1) is 10.2. The first-order valence-electron chi connectivity index (χ1n) is 6.43. The lowest BCUT2D eigenvalue weighted by molar-refractivity contribution is 0.0600. The summed E-state index contributed by atoms with van der Waals surface area (Å²) in [7, 11) is 2.99. The number of imidazole rings is 1. The third-order valence-electron chi connectivity index (χ3n) is 3.30. The van der Waals surface area contributed by atoms with Gasteiger partial charge in [-0.25, -0.2) is 9.78 Å². The smallest absolute Gasteiger partial charge is 0.339 e. The van der Waals surface area contributed by atoms with E-state index in [1.54, 1.807) is 25.6 Å². The number of ether oxygens (including phenoxy) is 2. The molecule has 0 bridgehead atoms. The fourth-order valence-corrected chi connectivity index (χ4v) is 2.18. The minimum absolute atomic E-state index is 0.369. The monoisotopic (exact) mass is 282 g/mol. The summed E-state index contributed by atoms with van der Waals surface area (Å²) in [5, 5.41) is 0. The normalized spacial score (nSPS) is 10.6. The van der Waals surface area contributed by atoms with E-state index in [2.05, 4.69) is 4.98 Å². The largest absolute Gasteiger partial charge is 0.497 e. The molecule has 21 heavy (non-hydrogen) atoms. The van der Waals surface area contributed by atoms with Crippen molar-refractivity contribution in [1.82, 2.24) is 9.38 Å². The highest BCUT2D eigenvalue weighted by atomic mass is 16.5. The van der Waals surface area contributed by atoms with Crippen LogP contribution in [-0.4, -0.2) is 29.6 Å². The Balaban J connectivity index is 2.11. The number of fused-ring (bicyclic) bond motifs is 1. The van der Waals surface area contributed by atoms with Gasteiger partial charge in [-0.1, -0.05) is 0 Å². The first kappa shape index (κ1) is 13.2. The molecule has 3 rings (SSSR count). The molecule has 0 atom stereocenters. The molecule has 0 unspecified atom stereocenters. The molecule has 106 valence electrons. The van der Waals surface area contributed by atoms with Crippen molar-refractivity contribution in [3.05, 3.63) is 54.4 Å². The Morgan fingerprint density at radius 2 is 1.86 bits per heavy atom. The highest BCUT2D eigenvalue weighted by Gasteiger charge is 2.10. The Morgan fingerprint density at radius 3 is 2.52 bits per heavy atom. The molecule has 3 aromatic rings. The number of carbonyl (C=O) groups is 1. The lowest BCUT2D eigenvalue weighted by atomic mass is 10.2. The number of hydrogen-bond acceptors (Lipinski definition) is 4. The van der Waals surface area contributed by atoms with Crippen molar-refractivity contribution in [1.29, 1.82) is 0 Å². The van der Waals surface area contributed by atoms with Crippen LogP contribution >= 0.6 is 0 Å². The second kappa shape index (κ2) is 5.28. The van der Waals surface area contributed by atoms with Crippen LogP contribution in [0.2, 0.25) is 0 Å². The van der Waals surface area contributed by atoms with E-state index in [1.165, 1.54) is 7.11 Å². The van der Waals surface area contributed by atoms with E-state index in [4.69, 9.17) is 9.47 Å². The number of rotatable bonds is 3. The predicted molar refractivity (Wildman–Crippen MR) is 78.5 cm³/mol. The Hall–Kier alpha value is -2.82. The number of nitrogens with zero attached hydrogens (tertiary/aromatic N) is 2. The van der Waals surface area contributed by atoms with Crippen molar-refractivity contribution < 1.29 is 14.3 Å². The summed E-state index contributed by atoms with van der Waals surface area (Å²) in [4.78, 5) is 16.1. The quantitative estimate of drug-likeness (QED) is 0.693. The zero-order valence-electron chi connectivity index (χ0n) is 11.7. The van der Waals surface area contributed by atoms with E-state index in [0.29, 0.717) is 5.56 Å². The van der Waals surface area contributed by atoms with Gasteiger partial charge in [0.1, 0.15) is 11.6 Å². The van der Waals surface area contributed by atoms with Crippen LogP contribution in [-0.2, 0) is 4.74 Å². The van der Waals surface area contributed by atoms with Gasteiger partial charge in [-0.15, -0.1) is 0 Å². The van der Waals surface area contributed by atoms with Crippen LogP contribution < -0.4 is 4.74 Å². The molecule has 0 saturated carbocycles. The molecule has 2 heterocycles. The number of pyridine rings is 1. The molecule has 1 aromatic carbocycles. The van der Waals surface area contributed by atoms with E-state index >= 15 is 0 Å². The number of benzene rings is 1. The summed E-state index contributed by atoms with van der Waals surface area (Å²) in [5.41, 5.74) is 2.34. The summed E-state index contributed by atoms with van der Waals surface area (Å²) in [6.45, 7) is 0. The third-order valence-corrected chi connectivity index (χ3v) is 3.30. The topological polar surface area (TPSA) is 52.8 Å². The van der Waals surface area contributed by atoms with Gasteiger partial charge in [-0.2, -0.15) is 0 Å². The molecule has 0 aliphatic rings. The average Bonchev–Trinajstić information content (AvgIpc) is 2.97. The van der Waals surface area contributed by atoms with Crippen LogP contribution in [0, 0.1) is 0 Å². The summed E-state index contributed by atoms with van der Waals surface area (Å²) in [5.74, 6) is 1.18. The summed E-state index contributed by atoms with van der Waals surface area (Å²) in [6, 6.07) is 11.2. The Kier molecular flexibility index (Phi) is 3.31. The predicted octanol–water partition coefficient (Wildman–Crippen LogP) is 2.80. The molecule has 5 nitrogen and oxygen atoms in total. The van der Waals surface area contributed by atoms with Crippen molar-refractivity contribution in [2.24, 2.45) is 0 Å². The van der Waals surface area contributed by atoms with Gasteiger partial charge in [-0.3, -0.25) is 4.40 Å². The number of hydrogen-bond donors (Lipinski definition) is 0. The fourth-order valence-electron chi connectivity index (χ4n) is 2.18. The minimum Gasteiger partial charge on any atom is -0.497 e. The summed E-state index contributed by atoms with van der Waals surface area (Å²) in [6.07, 6.45) is 3.49. The van der Waals surface area contributed by atoms with Crippen LogP contribution in [0.3, 0.4) is 0 Å². The van der Waals surface area contributed by atoms with Crippen molar-refractivity contribution in [2.45, 2.75) is 0 Å². The Bertz CT molecular complexity index is 791. The number of aromatic nitrogens is 2. The molecule has 0 fully saturated rings. The van der Waals surface area contributed by atoms with Gasteiger partial charge in [0, 0.05) is 11.8 Å². The molecule has 0 spiro atoms. The van der Waals surface area contributed by atoms with Gasteiger partial charge < -0.3 is 9.47 Å². The van der Waals surface area contributed by atoms with Crippen molar-refractivity contribution in [3.63, 3.8) is 0 Å². The Morgan fingerprint density at radius 1 is 1.10 bits per heavy atom. The van der Waals surface area contributed by atoms with E-state index in [0.717, 1.165) is 22.7 Å². The molecule has 0 amide bonds. The highest BCUT2D eigenvalue weighted by Crippen LogP contribution is 2.23. The molecule has 0 saturated heterocycles. The van der Waals surface area contributed by atoms with Crippen LogP contribution in [0.25, 0.3) is 16.9 Å². The molecule has 0 N–H and O–H groups in total. The van der Waals surface area contributed by atoms with Crippen molar-refractivity contribution >= 4 is 11.5 Å². The van der Waals surface area contributed by atoms with Crippen LogP contribution in [0.4, 0.5) is 0 Å². The van der Waals surface area contributed by atoms with Crippen molar-refractivity contribution in [3.8, 4) is 17.1 Å². The first-order valence-corrected chi connectivity index (χ1v) is 6.43. The second-order valence-electron chi connectivity index (χ2n) is 4.51. The van der Waals surface area contributed by atoms with Crippen molar-refractivity contribution in [2.75, 3.05) is 14.2 Å².